The van der Waals surface area contributed by atoms with E-state index in [1.165, 1.54) is 38.5 Å². The maximum Gasteiger partial charge on any atom is 0.221 e. The average Bonchev–Trinajstić information content (AvgIpc) is 2.98. The highest BCUT2D eigenvalue weighted by Crippen LogP contribution is 2.32. The van der Waals surface area contributed by atoms with Crippen LogP contribution in [0.5, 0.6) is 0 Å². The number of carbonyl (C=O) groups is 1. The summed E-state index contributed by atoms with van der Waals surface area (Å²) in [7, 11) is 0. The van der Waals surface area contributed by atoms with Crippen LogP contribution in [0.1, 0.15) is 51.4 Å². The summed E-state index contributed by atoms with van der Waals surface area (Å²) in [6.07, 6.45) is 9.60. The molecule has 3 heteroatoms. The third kappa shape index (κ3) is 3.78. The van der Waals surface area contributed by atoms with E-state index in [4.69, 9.17) is 5.73 Å². The second-order valence-corrected chi connectivity index (χ2v) is 5.49. The Labute approximate surface area is 98.2 Å². The first kappa shape index (κ1) is 11.9. The van der Waals surface area contributed by atoms with Gasteiger partial charge in [0.05, 0.1) is 0 Å². The highest BCUT2D eigenvalue weighted by atomic mass is 16.1. The Balaban J connectivity index is 1.52. The molecule has 3 N–H and O–H groups in total. The molecule has 0 aromatic heterocycles. The molecular weight excluding hydrogens is 200 g/mol. The first-order valence-corrected chi connectivity index (χ1v) is 6.78. The molecule has 1 unspecified atom stereocenters. The molecule has 0 aliphatic heterocycles. The predicted molar refractivity (Wildman–Crippen MR) is 64.9 cm³/mol. The van der Waals surface area contributed by atoms with Gasteiger partial charge in [-0.15, -0.1) is 0 Å². The van der Waals surface area contributed by atoms with Crippen molar-refractivity contribution in [2.75, 3.05) is 6.54 Å². The van der Waals surface area contributed by atoms with Crippen molar-refractivity contribution < 1.29 is 4.79 Å². The maximum absolute atomic E-state index is 11.6. The van der Waals surface area contributed by atoms with Gasteiger partial charge in [0.15, 0.2) is 0 Å². The van der Waals surface area contributed by atoms with Gasteiger partial charge in [0, 0.05) is 19.0 Å². The van der Waals surface area contributed by atoms with Gasteiger partial charge in [0.2, 0.25) is 5.91 Å². The molecule has 3 nitrogen and oxygen atoms in total. The Hall–Kier alpha value is -0.570. The molecule has 0 bridgehead atoms. The van der Waals surface area contributed by atoms with Crippen LogP contribution in [0.4, 0.5) is 0 Å². The molecule has 1 atom stereocenters. The van der Waals surface area contributed by atoms with Crippen LogP contribution in [0, 0.1) is 11.8 Å². The average molecular weight is 224 g/mol. The number of nitrogens with two attached hydrogens (primary N) is 1. The second kappa shape index (κ2) is 5.67. The van der Waals surface area contributed by atoms with Crippen LogP contribution in [0.25, 0.3) is 0 Å². The van der Waals surface area contributed by atoms with Crippen LogP contribution in [-0.4, -0.2) is 18.5 Å². The van der Waals surface area contributed by atoms with E-state index in [2.05, 4.69) is 5.32 Å². The van der Waals surface area contributed by atoms with Crippen molar-refractivity contribution >= 4 is 5.91 Å². The van der Waals surface area contributed by atoms with Gasteiger partial charge in [-0.25, -0.2) is 0 Å². The van der Waals surface area contributed by atoms with Crippen molar-refractivity contribution in [3.63, 3.8) is 0 Å². The summed E-state index contributed by atoms with van der Waals surface area (Å²) in [6, 6.07) is 0.103. The molecule has 1 amide bonds. The Morgan fingerprint density at radius 2 is 1.94 bits per heavy atom. The second-order valence-electron chi connectivity index (χ2n) is 5.49. The van der Waals surface area contributed by atoms with Gasteiger partial charge in [0.25, 0.3) is 0 Å². The largest absolute Gasteiger partial charge is 0.356 e. The number of nitrogens with one attached hydrogen (secondary N) is 1. The van der Waals surface area contributed by atoms with Gasteiger partial charge in [-0.1, -0.05) is 25.7 Å². The quantitative estimate of drug-likeness (QED) is 0.723. The van der Waals surface area contributed by atoms with E-state index in [1.807, 2.05) is 0 Å². The SMILES string of the molecule is NC(CC(=O)NCCC1CCCC1)C1CC1. The molecule has 0 radical (unpaired) electrons. The Morgan fingerprint density at radius 1 is 1.25 bits per heavy atom. The van der Waals surface area contributed by atoms with Crippen LogP contribution in [0.3, 0.4) is 0 Å². The maximum atomic E-state index is 11.6. The third-order valence-electron chi connectivity index (χ3n) is 4.00. The van der Waals surface area contributed by atoms with E-state index >= 15 is 0 Å². The number of amides is 1. The van der Waals surface area contributed by atoms with Crippen molar-refractivity contribution in [2.24, 2.45) is 17.6 Å². The van der Waals surface area contributed by atoms with Crippen LogP contribution in [0.15, 0.2) is 0 Å². The number of hydrogen-bond donors (Lipinski definition) is 2. The number of hydrogen-bond acceptors (Lipinski definition) is 2. The summed E-state index contributed by atoms with van der Waals surface area (Å²) in [5.74, 6) is 1.63. The molecule has 0 heterocycles. The summed E-state index contributed by atoms with van der Waals surface area (Å²) in [5, 5.41) is 3.00. The van der Waals surface area contributed by atoms with Crippen LogP contribution < -0.4 is 11.1 Å². The third-order valence-corrected chi connectivity index (χ3v) is 4.00. The molecule has 0 saturated heterocycles. The van der Waals surface area contributed by atoms with Gasteiger partial charge in [-0.2, -0.15) is 0 Å². The summed E-state index contributed by atoms with van der Waals surface area (Å²) in [6.45, 7) is 0.848. The zero-order valence-corrected chi connectivity index (χ0v) is 10.1. The lowest BCUT2D eigenvalue weighted by Crippen LogP contribution is -2.33. The fourth-order valence-electron chi connectivity index (χ4n) is 2.69. The van der Waals surface area contributed by atoms with E-state index in [9.17, 15) is 4.79 Å². The molecule has 2 fully saturated rings. The van der Waals surface area contributed by atoms with E-state index in [-0.39, 0.29) is 11.9 Å². The first-order valence-electron chi connectivity index (χ1n) is 6.78. The zero-order chi connectivity index (χ0) is 11.4. The van der Waals surface area contributed by atoms with Crippen molar-refractivity contribution in [2.45, 2.75) is 57.4 Å². The smallest absolute Gasteiger partial charge is 0.221 e. The van der Waals surface area contributed by atoms with Gasteiger partial charge in [0.1, 0.15) is 0 Å². The van der Waals surface area contributed by atoms with Gasteiger partial charge in [-0.05, 0) is 31.1 Å². The molecule has 2 saturated carbocycles. The molecule has 2 aliphatic carbocycles. The summed E-state index contributed by atoms with van der Waals surface area (Å²) in [5.41, 5.74) is 5.91. The number of rotatable bonds is 6. The molecule has 0 aromatic rings. The zero-order valence-electron chi connectivity index (χ0n) is 10.1. The topological polar surface area (TPSA) is 55.1 Å². The molecule has 16 heavy (non-hydrogen) atoms. The standard InChI is InChI=1S/C13H24N2O/c14-12(11-5-6-11)9-13(16)15-8-7-10-3-1-2-4-10/h10-12H,1-9,14H2,(H,15,16). The van der Waals surface area contributed by atoms with Crippen LogP contribution in [-0.2, 0) is 4.79 Å². The van der Waals surface area contributed by atoms with Crippen molar-refractivity contribution in [1.82, 2.24) is 5.32 Å². The predicted octanol–water partition coefficient (Wildman–Crippen LogP) is 1.81. The van der Waals surface area contributed by atoms with Crippen LogP contribution in [0.2, 0.25) is 0 Å². The lowest BCUT2D eigenvalue weighted by Gasteiger charge is -2.12. The lowest BCUT2D eigenvalue weighted by molar-refractivity contribution is -0.121. The number of carbonyl (C=O) groups excluding carboxylic acids is 1. The Kier molecular flexibility index (Phi) is 4.22. The first-order chi connectivity index (χ1) is 7.75. The molecule has 0 aromatic carbocycles. The summed E-state index contributed by atoms with van der Waals surface area (Å²) < 4.78 is 0. The minimum absolute atomic E-state index is 0.103. The van der Waals surface area contributed by atoms with Gasteiger partial charge in [-0.3, -0.25) is 4.79 Å². The van der Waals surface area contributed by atoms with E-state index in [0.29, 0.717) is 12.3 Å². The van der Waals surface area contributed by atoms with Crippen molar-refractivity contribution in [1.29, 1.82) is 0 Å². The molecule has 0 spiro atoms. The van der Waals surface area contributed by atoms with E-state index in [0.717, 1.165) is 18.9 Å². The summed E-state index contributed by atoms with van der Waals surface area (Å²) in [4.78, 5) is 11.6. The fraction of sp³-hybridized carbons (Fsp3) is 0.923. The Morgan fingerprint density at radius 3 is 2.56 bits per heavy atom. The van der Waals surface area contributed by atoms with Gasteiger partial charge < -0.3 is 11.1 Å². The normalized spacial score (nSPS) is 23.3. The van der Waals surface area contributed by atoms with Crippen LogP contribution >= 0.6 is 0 Å². The molecule has 2 rings (SSSR count). The van der Waals surface area contributed by atoms with Crippen molar-refractivity contribution in [3.05, 3.63) is 0 Å². The molecule has 92 valence electrons. The fourth-order valence-corrected chi connectivity index (χ4v) is 2.69. The van der Waals surface area contributed by atoms with Crippen molar-refractivity contribution in [3.8, 4) is 0 Å². The molecule has 2 aliphatic rings. The van der Waals surface area contributed by atoms with Gasteiger partial charge >= 0.3 is 0 Å². The van der Waals surface area contributed by atoms with E-state index in [1.54, 1.807) is 0 Å². The monoisotopic (exact) mass is 224 g/mol. The Bertz CT molecular complexity index is 232. The minimum atomic E-state index is 0.103. The summed E-state index contributed by atoms with van der Waals surface area (Å²) >= 11 is 0. The lowest BCUT2D eigenvalue weighted by atomic mass is 10.0. The highest BCUT2D eigenvalue weighted by Gasteiger charge is 2.29. The highest BCUT2D eigenvalue weighted by molar-refractivity contribution is 5.76. The van der Waals surface area contributed by atoms with E-state index < -0.39 is 0 Å². The minimum Gasteiger partial charge on any atom is -0.356 e. The molecular formula is C13H24N2O.